The van der Waals surface area contributed by atoms with Gasteiger partial charge in [-0.05, 0) is 74.1 Å². The number of hydrazone groups is 1. The van der Waals surface area contributed by atoms with Gasteiger partial charge in [-0.15, -0.1) is 0 Å². The summed E-state index contributed by atoms with van der Waals surface area (Å²) in [4.78, 5) is 41.6. The quantitative estimate of drug-likeness (QED) is 0.364. The zero-order chi connectivity index (χ0) is 30.5. The molecule has 222 valence electrons. The molecule has 0 bridgehead atoms. The summed E-state index contributed by atoms with van der Waals surface area (Å²) in [6, 6.07) is 19.3. The largest absolute Gasteiger partial charge is 0.271 e. The SMILES string of the molecule is Cc1ccc(/C=C2/CCC[C@@H]3C2=NN(C(=O)CN2N=N[C@@H]4C(=O)N(c5cccc(F)c5)C(=O)[C@@H]42)[C@H]3c2ccc(C)cc2)cc1. The van der Waals surface area contributed by atoms with Gasteiger partial charge in [0.15, 0.2) is 12.1 Å². The second kappa shape index (κ2) is 10.9. The Hall–Kier alpha value is -4.99. The Morgan fingerprint density at radius 3 is 2.41 bits per heavy atom. The normalized spacial score (nSPS) is 25.1. The summed E-state index contributed by atoms with van der Waals surface area (Å²) in [6.07, 6.45) is 4.88. The molecule has 3 aromatic carbocycles. The number of hydrogen-bond acceptors (Lipinski definition) is 7. The van der Waals surface area contributed by atoms with Gasteiger partial charge in [-0.3, -0.25) is 19.4 Å². The van der Waals surface area contributed by atoms with Crippen LogP contribution >= 0.6 is 0 Å². The first-order valence-electron chi connectivity index (χ1n) is 14.8. The molecule has 3 heterocycles. The minimum absolute atomic E-state index is 0.0122. The molecule has 10 heteroatoms. The highest BCUT2D eigenvalue weighted by Crippen LogP contribution is 2.45. The van der Waals surface area contributed by atoms with Crippen molar-refractivity contribution < 1.29 is 18.8 Å². The molecule has 3 aliphatic heterocycles. The van der Waals surface area contributed by atoms with Crippen LogP contribution in [0.2, 0.25) is 0 Å². The third-order valence-electron chi connectivity index (χ3n) is 8.82. The van der Waals surface area contributed by atoms with Crippen LogP contribution in [-0.4, -0.2) is 52.1 Å². The Bertz CT molecular complexity index is 1750. The third kappa shape index (κ3) is 4.80. The molecule has 3 amide bonds. The van der Waals surface area contributed by atoms with Gasteiger partial charge in [-0.1, -0.05) is 70.9 Å². The van der Waals surface area contributed by atoms with Gasteiger partial charge in [-0.2, -0.15) is 10.2 Å². The average Bonchev–Trinajstić information content (AvgIpc) is 3.68. The molecular formula is C34H31FN6O3. The van der Waals surface area contributed by atoms with E-state index in [1.807, 2.05) is 31.2 Å². The highest BCUT2D eigenvalue weighted by Gasteiger charge is 2.55. The number of nitrogens with zero attached hydrogens (tertiary/aromatic N) is 6. The Labute approximate surface area is 254 Å². The number of anilines is 1. The average molecular weight is 591 g/mol. The van der Waals surface area contributed by atoms with Crippen molar-refractivity contribution in [3.63, 3.8) is 0 Å². The maximum atomic E-state index is 14.1. The van der Waals surface area contributed by atoms with Gasteiger partial charge in [-0.25, -0.2) is 14.3 Å². The highest BCUT2D eigenvalue weighted by atomic mass is 19.1. The van der Waals surface area contributed by atoms with Crippen molar-refractivity contribution in [3.8, 4) is 0 Å². The maximum absolute atomic E-state index is 14.1. The number of carbonyl (C=O) groups excluding carboxylic acids is 3. The molecule has 0 spiro atoms. The molecule has 4 aliphatic rings. The van der Waals surface area contributed by atoms with Crippen molar-refractivity contribution in [1.82, 2.24) is 10.0 Å². The lowest BCUT2D eigenvalue weighted by atomic mass is 9.77. The lowest BCUT2D eigenvalue weighted by Gasteiger charge is -2.30. The summed E-state index contributed by atoms with van der Waals surface area (Å²) >= 11 is 0. The lowest BCUT2D eigenvalue weighted by molar-refractivity contribution is -0.136. The number of imide groups is 1. The topological polar surface area (TPSA) is 98.0 Å². The summed E-state index contributed by atoms with van der Waals surface area (Å²) in [6.45, 7) is 3.79. The fourth-order valence-corrected chi connectivity index (χ4v) is 6.60. The van der Waals surface area contributed by atoms with E-state index in [1.54, 1.807) is 0 Å². The first kappa shape index (κ1) is 27.8. The zero-order valence-electron chi connectivity index (χ0n) is 24.4. The van der Waals surface area contributed by atoms with E-state index in [2.05, 4.69) is 47.6 Å². The number of fused-ring (bicyclic) bond motifs is 2. The molecule has 9 nitrogen and oxygen atoms in total. The van der Waals surface area contributed by atoms with Gasteiger partial charge in [0.1, 0.15) is 12.4 Å². The van der Waals surface area contributed by atoms with Crippen molar-refractivity contribution in [2.45, 2.75) is 51.2 Å². The summed E-state index contributed by atoms with van der Waals surface area (Å²) in [5.41, 5.74) is 6.51. The van der Waals surface area contributed by atoms with E-state index in [1.165, 1.54) is 33.8 Å². The molecule has 44 heavy (non-hydrogen) atoms. The van der Waals surface area contributed by atoms with Crippen molar-refractivity contribution in [2.75, 3.05) is 11.4 Å². The summed E-state index contributed by atoms with van der Waals surface area (Å²) in [5.74, 6) is -2.10. The number of rotatable bonds is 5. The zero-order valence-corrected chi connectivity index (χ0v) is 24.4. The summed E-state index contributed by atoms with van der Waals surface area (Å²) < 4.78 is 13.9. The monoisotopic (exact) mass is 590 g/mol. The number of allylic oxidation sites excluding steroid dienone is 1. The minimum atomic E-state index is -1.09. The van der Waals surface area contributed by atoms with Crippen LogP contribution in [0, 0.1) is 25.6 Å². The Kier molecular flexibility index (Phi) is 6.91. The van der Waals surface area contributed by atoms with Crippen molar-refractivity contribution in [3.05, 3.63) is 106 Å². The van der Waals surface area contributed by atoms with Gasteiger partial charge in [0.25, 0.3) is 17.7 Å². The number of benzene rings is 3. The molecule has 1 saturated carbocycles. The number of halogens is 1. The highest BCUT2D eigenvalue weighted by molar-refractivity contribution is 6.25. The molecule has 7 rings (SSSR count). The second-order valence-corrected chi connectivity index (χ2v) is 11.8. The predicted octanol–water partition coefficient (Wildman–Crippen LogP) is 5.56. The van der Waals surface area contributed by atoms with Crippen LogP contribution in [-0.2, 0) is 14.4 Å². The Morgan fingerprint density at radius 1 is 0.955 bits per heavy atom. The molecule has 1 saturated heterocycles. The van der Waals surface area contributed by atoms with Crippen LogP contribution in [0.25, 0.3) is 6.08 Å². The molecule has 0 aromatic heterocycles. The van der Waals surface area contributed by atoms with Crippen molar-refractivity contribution >= 4 is 35.2 Å². The van der Waals surface area contributed by atoms with E-state index in [0.717, 1.165) is 58.2 Å². The van der Waals surface area contributed by atoms with Crippen LogP contribution in [0.1, 0.15) is 47.6 Å². The van der Waals surface area contributed by atoms with Crippen LogP contribution < -0.4 is 4.90 Å². The number of carbonyl (C=O) groups is 3. The fourth-order valence-electron chi connectivity index (χ4n) is 6.60. The van der Waals surface area contributed by atoms with Gasteiger partial charge in [0, 0.05) is 5.92 Å². The smallest absolute Gasteiger partial charge is 0.264 e. The molecule has 4 atom stereocenters. The minimum Gasteiger partial charge on any atom is -0.271 e. The first-order valence-corrected chi connectivity index (χ1v) is 14.8. The van der Waals surface area contributed by atoms with Gasteiger partial charge in [0.05, 0.1) is 17.4 Å². The Balaban J connectivity index is 1.19. The molecule has 3 aromatic rings. The van der Waals surface area contributed by atoms with Crippen LogP contribution in [0.5, 0.6) is 0 Å². The van der Waals surface area contributed by atoms with Crippen LogP contribution in [0.15, 0.2) is 93.8 Å². The van der Waals surface area contributed by atoms with E-state index in [0.29, 0.717) is 0 Å². The standard InChI is InChI=1S/C34H31FN6O3/c1-20-9-13-22(14-10-20)17-24-5-3-8-27-29(24)37-41(31(27)23-15-11-21(2)12-16-23)28(42)19-39-32-30(36-38-39)33(43)40(34(32)44)26-7-4-6-25(35)18-26/h4,6-7,9-18,27,30-32H,3,5,8,19H2,1-2H3/b24-17-/t27-,30+,31+,32-/m1/s1. The molecule has 0 radical (unpaired) electrons. The Morgan fingerprint density at radius 2 is 1.68 bits per heavy atom. The van der Waals surface area contributed by atoms with Crippen molar-refractivity contribution in [2.24, 2.45) is 21.4 Å². The third-order valence-corrected chi connectivity index (χ3v) is 8.82. The van der Waals surface area contributed by atoms with E-state index >= 15 is 0 Å². The lowest BCUT2D eigenvalue weighted by Crippen LogP contribution is -2.45. The molecule has 0 N–H and O–H groups in total. The molecule has 0 unspecified atom stereocenters. The van der Waals surface area contributed by atoms with Gasteiger partial charge in [0.2, 0.25) is 0 Å². The summed E-state index contributed by atoms with van der Waals surface area (Å²) in [7, 11) is 0. The van der Waals surface area contributed by atoms with Crippen LogP contribution in [0.3, 0.4) is 0 Å². The first-order chi connectivity index (χ1) is 21.3. The van der Waals surface area contributed by atoms with Crippen molar-refractivity contribution in [1.29, 1.82) is 0 Å². The van der Waals surface area contributed by atoms with Crippen LogP contribution in [0.4, 0.5) is 10.1 Å². The van der Waals surface area contributed by atoms with E-state index < -0.39 is 29.7 Å². The van der Waals surface area contributed by atoms with E-state index in [4.69, 9.17) is 5.10 Å². The second-order valence-electron chi connectivity index (χ2n) is 11.8. The maximum Gasteiger partial charge on any atom is 0.264 e. The molecular weight excluding hydrogens is 559 g/mol. The number of amides is 3. The molecule has 2 fully saturated rings. The van der Waals surface area contributed by atoms with E-state index in [9.17, 15) is 18.8 Å². The van der Waals surface area contributed by atoms with E-state index in [-0.39, 0.29) is 30.1 Å². The van der Waals surface area contributed by atoms with Gasteiger partial charge >= 0.3 is 0 Å². The van der Waals surface area contributed by atoms with Gasteiger partial charge < -0.3 is 0 Å². The number of aryl methyl sites for hydroxylation is 2. The molecule has 1 aliphatic carbocycles. The predicted molar refractivity (Wildman–Crippen MR) is 163 cm³/mol. The summed E-state index contributed by atoms with van der Waals surface area (Å²) in [5, 5.41) is 15.9. The fraction of sp³-hybridized carbons (Fsp3) is 0.294. The number of hydrogen-bond donors (Lipinski definition) is 0.